The normalized spacial score (nSPS) is 47.1. The number of allylic oxidation sites excluding steroid dienone is 3. The fraction of sp³-hybridized carbons (Fsp3) is 0.706. The van der Waals surface area contributed by atoms with Crippen molar-refractivity contribution in [3.05, 3.63) is 23.3 Å². The molecule has 5 rings (SSSR count). The van der Waals surface area contributed by atoms with Crippen LogP contribution in [0.5, 0.6) is 0 Å². The van der Waals surface area contributed by atoms with Crippen LogP contribution in [0, 0.1) is 68.0 Å². The average Bonchev–Trinajstić information content (AvgIpc) is 2.89. The maximum Gasteiger partial charge on any atom is 0.226 e. The van der Waals surface area contributed by atoms with Gasteiger partial charge in [0.15, 0.2) is 11.6 Å². The lowest BCUT2D eigenvalue weighted by Gasteiger charge is -2.71. The van der Waals surface area contributed by atoms with E-state index in [1.165, 1.54) is 0 Å². The monoisotopic (exact) mass is 544 g/mol. The molecule has 5 aliphatic carbocycles. The molecule has 0 bridgehead atoms. The lowest BCUT2D eigenvalue weighted by atomic mass is 9.33. The van der Waals surface area contributed by atoms with Gasteiger partial charge < -0.3 is 10.4 Å². The van der Waals surface area contributed by atoms with E-state index in [1.54, 1.807) is 6.08 Å². The molecule has 8 atom stereocenters. The molecular weight excluding hydrogens is 500 g/mol. The Kier molecular flexibility index (Phi) is 6.06. The number of ketones is 2. The van der Waals surface area contributed by atoms with Crippen LogP contribution in [0.25, 0.3) is 0 Å². The molecule has 0 radical (unpaired) electrons. The maximum absolute atomic E-state index is 14.5. The van der Waals surface area contributed by atoms with E-state index >= 15 is 0 Å². The Morgan fingerprint density at radius 3 is 2.33 bits per heavy atom. The van der Waals surface area contributed by atoms with E-state index in [9.17, 15) is 24.8 Å². The molecule has 0 heterocycles. The third-order valence-electron chi connectivity index (χ3n) is 13.2. The lowest BCUT2D eigenvalue weighted by molar-refractivity contribution is -0.242. The maximum atomic E-state index is 14.5. The Morgan fingerprint density at radius 2 is 1.70 bits per heavy atom. The number of fused-ring (bicyclic) bond motifs is 7. The average molecular weight is 545 g/mol. The number of carbonyl (C=O) groups is 3. The molecule has 0 aromatic heterocycles. The zero-order valence-corrected chi connectivity index (χ0v) is 25.2. The highest BCUT2D eigenvalue weighted by molar-refractivity contribution is 6.05. The first-order valence-electron chi connectivity index (χ1n) is 14.8. The number of Topliss-reactive ketones (excluding diaryl/α,β-unsaturated/α-hetero) is 1. The molecule has 1 amide bonds. The third-order valence-corrected chi connectivity index (χ3v) is 13.2. The number of hydrogen-bond donors (Lipinski definition) is 2. The highest BCUT2D eigenvalue weighted by atomic mass is 16.3. The number of nitriles is 1. The van der Waals surface area contributed by atoms with Gasteiger partial charge in [-0.1, -0.05) is 60.5 Å². The Labute approximate surface area is 239 Å². The van der Waals surface area contributed by atoms with Gasteiger partial charge in [0.1, 0.15) is 11.7 Å². The predicted octanol–water partition coefficient (Wildman–Crippen LogP) is 5.07. The van der Waals surface area contributed by atoms with Gasteiger partial charge in [-0.15, -0.1) is 6.42 Å². The summed E-state index contributed by atoms with van der Waals surface area (Å²) in [6, 6.07) is 2.14. The predicted molar refractivity (Wildman–Crippen MR) is 152 cm³/mol. The number of rotatable bonds is 2. The van der Waals surface area contributed by atoms with Gasteiger partial charge in [-0.25, -0.2) is 0 Å². The molecule has 214 valence electrons. The Balaban J connectivity index is 1.67. The van der Waals surface area contributed by atoms with Crippen LogP contribution in [0.4, 0.5) is 0 Å². The summed E-state index contributed by atoms with van der Waals surface area (Å²) in [6.45, 7) is 14.5. The van der Waals surface area contributed by atoms with Crippen LogP contribution in [-0.4, -0.2) is 34.7 Å². The number of nitrogens with zero attached hydrogens (tertiary/aromatic N) is 1. The second-order valence-corrected chi connectivity index (χ2v) is 15.3. The summed E-state index contributed by atoms with van der Waals surface area (Å²) in [5.74, 6) is 1.47. The van der Waals surface area contributed by atoms with E-state index in [2.05, 4.69) is 45.0 Å². The lowest BCUT2D eigenvalue weighted by Crippen LogP contribution is -2.74. The second kappa shape index (κ2) is 8.42. The molecule has 6 heteroatoms. The summed E-state index contributed by atoms with van der Waals surface area (Å²) >= 11 is 0. The van der Waals surface area contributed by atoms with E-state index in [-0.39, 0.29) is 40.9 Å². The van der Waals surface area contributed by atoms with Crippen molar-refractivity contribution in [1.82, 2.24) is 5.32 Å². The summed E-state index contributed by atoms with van der Waals surface area (Å²) in [5, 5.41) is 25.7. The summed E-state index contributed by atoms with van der Waals surface area (Å²) < 4.78 is 0. The number of carbonyl (C=O) groups excluding carboxylic acids is 3. The van der Waals surface area contributed by atoms with Crippen LogP contribution < -0.4 is 5.32 Å². The van der Waals surface area contributed by atoms with Crippen LogP contribution in [0.1, 0.15) is 93.4 Å². The van der Waals surface area contributed by atoms with Crippen molar-refractivity contribution >= 4 is 17.5 Å². The minimum Gasteiger partial charge on any atom is -0.381 e. The molecule has 0 aliphatic heterocycles. The number of hydrogen-bond acceptors (Lipinski definition) is 5. The van der Waals surface area contributed by atoms with E-state index < -0.39 is 38.6 Å². The summed E-state index contributed by atoms with van der Waals surface area (Å²) in [4.78, 5) is 41.0. The van der Waals surface area contributed by atoms with E-state index in [0.717, 1.165) is 31.3 Å². The summed E-state index contributed by atoms with van der Waals surface area (Å²) in [7, 11) is 0. The van der Waals surface area contributed by atoms with Crippen molar-refractivity contribution in [2.45, 2.75) is 99.0 Å². The van der Waals surface area contributed by atoms with Crippen LogP contribution >= 0.6 is 0 Å². The SMILES string of the molecule is C#CCNC(=O)[C@@]1(C)CC[C@]2(C)CC[C@@]3(C)[C@]4(C)CC[C@H]5C(C)(C)C(=O)C(C#N)=C[C@]5(C)C4=CC(=O)[C@]3(O)[C@@H]2C1. The highest BCUT2D eigenvalue weighted by Gasteiger charge is 2.75. The molecule has 2 N–H and O–H groups in total. The van der Waals surface area contributed by atoms with Gasteiger partial charge in [0.2, 0.25) is 5.91 Å². The zero-order valence-electron chi connectivity index (χ0n) is 25.2. The van der Waals surface area contributed by atoms with Crippen molar-refractivity contribution < 1.29 is 19.5 Å². The molecular formula is C34H44N2O4. The Bertz CT molecular complexity index is 1360. The largest absolute Gasteiger partial charge is 0.381 e. The highest BCUT2D eigenvalue weighted by Crippen LogP contribution is 2.75. The number of amides is 1. The van der Waals surface area contributed by atoms with E-state index in [4.69, 9.17) is 6.42 Å². The molecule has 0 unspecified atom stereocenters. The molecule has 3 fully saturated rings. The summed E-state index contributed by atoms with van der Waals surface area (Å²) in [6.07, 6.45) is 13.8. The van der Waals surface area contributed by atoms with Gasteiger partial charge in [0.25, 0.3) is 0 Å². The van der Waals surface area contributed by atoms with Crippen molar-refractivity contribution in [2.24, 2.45) is 44.3 Å². The van der Waals surface area contributed by atoms with Gasteiger partial charge in [-0.05, 0) is 73.3 Å². The molecule has 3 saturated carbocycles. The number of terminal acetylenes is 1. The molecule has 5 aliphatic rings. The fourth-order valence-electron chi connectivity index (χ4n) is 10.3. The van der Waals surface area contributed by atoms with Gasteiger partial charge in [0.05, 0.1) is 12.1 Å². The minimum absolute atomic E-state index is 0.0572. The molecule has 40 heavy (non-hydrogen) atoms. The van der Waals surface area contributed by atoms with Crippen LogP contribution in [-0.2, 0) is 14.4 Å². The van der Waals surface area contributed by atoms with Crippen molar-refractivity contribution in [1.29, 1.82) is 5.26 Å². The fourth-order valence-corrected chi connectivity index (χ4v) is 10.3. The van der Waals surface area contributed by atoms with Crippen molar-refractivity contribution in [3.8, 4) is 18.4 Å². The van der Waals surface area contributed by atoms with Gasteiger partial charge in [0, 0.05) is 27.6 Å². The van der Waals surface area contributed by atoms with Crippen LogP contribution in [0.2, 0.25) is 0 Å². The Hall–Kier alpha value is -2.70. The smallest absolute Gasteiger partial charge is 0.226 e. The first-order chi connectivity index (χ1) is 18.4. The van der Waals surface area contributed by atoms with E-state index in [0.29, 0.717) is 19.3 Å². The third kappa shape index (κ3) is 3.24. The van der Waals surface area contributed by atoms with Crippen molar-refractivity contribution in [3.63, 3.8) is 0 Å². The topological polar surface area (TPSA) is 107 Å². The van der Waals surface area contributed by atoms with Crippen LogP contribution in [0.3, 0.4) is 0 Å². The molecule has 6 nitrogen and oxygen atoms in total. The number of aliphatic hydroxyl groups is 1. The minimum atomic E-state index is -1.64. The standard InChI is InChI=1S/C34H44N2O4/c1-9-16-36-27(39)30(5)13-12-29(4)14-15-33(8)32(7)11-10-22-28(2,3)26(38)21(20-35)18-31(22,6)23(32)17-25(37)34(33,40)24(29)19-30/h1,17-18,22,24,40H,10-16,19H2,2-8H3,(H,36,39)/t22-,24+,29+,30-,31-,32+,33-,34+/m0/s1. The Morgan fingerprint density at radius 1 is 1.05 bits per heavy atom. The zero-order chi connectivity index (χ0) is 29.7. The van der Waals surface area contributed by atoms with Gasteiger partial charge in [-0.3, -0.25) is 14.4 Å². The molecule has 0 aromatic rings. The van der Waals surface area contributed by atoms with Gasteiger partial charge in [-0.2, -0.15) is 5.26 Å². The van der Waals surface area contributed by atoms with Crippen LogP contribution in [0.15, 0.2) is 23.3 Å². The summed E-state index contributed by atoms with van der Waals surface area (Å²) in [5.41, 5.74) is -4.26. The number of nitrogens with one attached hydrogen (secondary N) is 1. The first kappa shape index (κ1) is 28.8. The second-order valence-electron chi connectivity index (χ2n) is 15.3. The van der Waals surface area contributed by atoms with E-state index in [1.807, 2.05) is 26.8 Å². The van der Waals surface area contributed by atoms with Crippen molar-refractivity contribution in [2.75, 3.05) is 6.54 Å². The molecule has 0 spiro atoms. The first-order valence-corrected chi connectivity index (χ1v) is 14.8. The van der Waals surface area contributed by atoms with Gasteiger partial charge >= 0.3 is 0 Å². The quantitative estimate of drug-likeness (QED) is 0.472. The molecule has 0 saturated heterocycles. The molecule has 0 aromatic carbocycles.